The van der Waals surface area contributed by atoms with Gasteiger partial charge in [-0.2, -0.15) is 0 Å². The predicted molar refractivity (Wildman–Crippen MR) is 97.0 cm³/mol. The largest absolute Gasteiger partial charge is 0.475 e. The van der Waals surface area contributed by atoms with Gasteiger partial charge in [0.1, 0.15) is 5.82 Å². The zero-order valence-corrected chi connectivity index (χ0v) is 14.8. The molecule has 3 rings (SSSR count). The van der Waals surface area contributed by atoms with Gasteiger partial charge in [-0.3, -0.25) is 4.79 Å². The van der Waals surface area contributed by atoms with Gasteiger partial charge in [-0.05, 0) is 31.5 Å². The lowest BCUT2D eigenvalue weighted by atomic mass is 10.2. The standard InChI is InChI=1S/C19H24N4O2/c1-3-15(2)25-18-14-16(7-9-21-18)19(24)23-12-10-22(11-13-23)17-6-4-5-8-20-17/h4-9,14-15H,3,10-13H2,1-2H3/t15-/m1/s1. The first-order valence-corrected chi connectivity index (χ1v) is 8.75. The number of nitrogens with zero attached hydrogens (tertiary/aromatic N) is 4. The molecular weight excluding hydrogens is 316 g/mol. The number of pyridine rings is 2. The van der Waals surface area contributed by atoms with Gasteiger partial charge < -0.3 is 14.5 Å². The molecule has 0 aromatic carbocycles. The summed E-state index contributed by atoms with van der Waals surface area (Å²) >= 11 is 0. The fraction of sp³-hybridized carbons (Fsp3) is 0.421. The minimum Gasteiger partial charge on any atom is -0.475 e. The minimum atomic E-state index is 0.0251. The van der Waals surface area contributed by atoms with Crippen molar-refractivity contribution >= 4 is 11.7 Å². The van der Waals surface area contributed by atoms with E-state index in [2.05, 4.69) is 21.8 Å². The molecule has 1 atom stereocenters. The number of hydrogen-bond acceptors (Lipinski definition) is 5. The van der Waals surface area contributed by atoms with Gasteiger partial charge >= 0.3 is 0 Å². The molecule has 0 bridgehead atoms. The molecule has 1 saturated heterocycles. The smallest absolute Gasteiger partial charge is 0.254 e. The van der Waals surface area contributed by atoms with E-state index in [-0.39, 0.29) is 12.0 Å². The summed E-state index contributed by atoms with van der Waals surface area (Å²) < 4.78 is 5.72. The Bertz CT molecular complexity index is 700. The van der Waals surface area contributed by atoms with Crippen molar-refractivity contribution in [3.05, 3.63) is 48.3 Å². The van der Waals surface area contributed by atoms with Crippen LogP contribution >= 0.6 is 0 Å². The first-order valence-electron chi connectivity index (χ1n) is 8.75. The normalized spacial score (nSPS) is 15.8. The van der Waals surface area contributed by atoms with Gasteiger partial charge in [0.2, 0.25) is 5.88 Å². The molecule has 0 spiro atoms. The van der Waals surface area contributed by atoms with Crippen LogP contribution in [-0.2, 0) is 0 Å². The highest BCUT2D eigenvalue weighted by molar-refractivity contribution is 5.94. The number of anilines is 1. The summed E-state index contributed by atoms with van der Waals surface area (Å²) in [5, 5.41) is 0. The van der Waals surface area contributed by atoms with Crippen molar-refractivity contribution in [3.8, 4) is 5.88 Å². The Morgan fingerprint density at radius 2 is 1.96 bits per heavy atom. The molecule has 6 nitrogen and oxygen atoms in total. The quantitative estimate of drug-likeness (QED) is 0.837. The van der Waals surface area contributed by atoms with Crippen LogP contribution in [0.4, 0.5) is 5.82 Å². The summed E-state index contributed by atoms with van der Waals surface area (Å²) in [4.78, 5) is 25.4. The Hall–Kier alpha value is -2.63. The molecule has 1 aliphatic heterocycles. The Labute approximate surface area is 148 Å². The topological polar surface area (TPSA) is 58.6 Å². The molecule has 132 valence electrons. The molecule has 2 aromatic heterocycles. The summed E-state index contributed by atoms with van der Waals surface area (Å²) in [5.74, 6) is 1.49. The lowest BCUT2D eigenvalue weighted by molar-refractivity contribution is 0.0745. The van der Waals surface area contributed by atoms with Crippen LogP contribution in [0.3, 0.4) is 0 Å². The van der Waals surface area contributed by atoms with Gasteiger partial charge in [0, 0.05) is 50.2 Å². The fourth-order valence-corrected chi connectivity index (χ4v) is 2.76. The Morgan fingerprint density at radius 3 is 2.64 bits per heavy atom. The van der Waals surface area contributed by atoms with Crippen molar-refractivity contribution in [1.29, 1.82) is 0 Å². The zero-order chi connectivity index (χ0) is 17.6. The Morgan fingerprint density at radius 1 is 1.16 bits per heavy atom. The zero-order valence-electron chi connectivity index (χ0n) is 14.8. The Kier molecular flexibility index (Phi) is 5.48. The molecule has 3 heterocycles. The highest BCUT2D eigenvalue weighted by Gasteiger charge is 2.23. The van der Waals surface area contributed by atoms with E-state index in [1.165, 1.54) is 0 Å². The number of piperazine rings is 1. The van der Waals surface area contributed by atoms with Crippen molar-refractivity contribution in [2.45, 2.75) is 26.4 Å². The maximum Gasteiger partial charge on any atom is 0.254 e. The lowest BCUT2D eigenvalue weighted by Crippen LogP contribution is -2.49. The van der Waals surface area contributed by atoms with Crippen molar-refractivity contribution in [2.24, 2.45) is 0 Å². The number of carbonyl (C=O) groups excluding carboxylic acids is 1. The van der Waals surface area contributed by atoms with E-state index in [4.69, 9.17) is 4.74 Å². The number of ether oxygens (including phenoxy) is 1. The van der Waals surface area contributed by atoms with Crippen LogP contribution in [0.15, 0.2) is 42.7 Å². The third kappa shape index (κ3) is 4.26. The molecule has 2 aromatic rings. The molecule has 1 amide bonds. The monoisotopic (exact) mass is 340 g/mol. The van der Waals surface area contributed by atoms with Crippen molar-refractivity contribution in [1.82, 2.24) is 14.9 Å². The second-order valence-corrected chi connectivity index (χ2v) is 6.19. The van der Waals surface area contributed by atoms with Crippen LogP contribution in [0.5, 0.6) is 5.88 Å². The average Bonchev–Trinajstić information content (AvgIpc) is 2.68. The molecular formula is C19H24N4O2. The van der Waals surface area contributed by atoms with Gasteiger partial charge in [0.25, 0.3) is 5.91 Å². The lowest BCUT2D eigenvalue weighted by Gasteiger charge is -2.35. The van der Waals surface area contributed by atoms with Crippen molar-refractivity contribution < 1.29 is 9.53 Å². The van der Waals surface area contributed by atoms with E-state index in [0.717, 1.165) is 25.3 Å². The van der Waals surface area contributed by atoms with Gasteiger partial charge in [0.05, 0.1) is 6.10 Å². The van der Waals surface area contributed by atoms with Crippen LogP contribution in [-0.4, -0.2) is 53.1 Å². The van der Waals surface area contributed by atoms with Crippen LogP contribution < -0.4 is 9.64 Å². The average molecular weight is 340 g/mol. The summed E-state index contributed by atoms with van der Waals surface area (Å²) in [6, 6.07) is 9.37. The number of hydrogen-bond donors (Lipinski definition) is 0. The van der Waals surface area contributed by atoms with E-state index in [1.54, 1.807) is 24.5 Å². The summed E-state index contributed by atoms with van der Waals surface area (Å²) in [7, 11) is 0. The molecule has 0 aliphatic carbocycles. The third-order valence-electron chi connectivity index (χ3n) is 4.42. The summed E-state index contributed by atoms with van der Waals surface area (Å²) in [6.07, 6.45) is 4.41. The molecule has 6 heteroatoms. The molecule has 25 heavy (non-hydrogen) atoms. The van der Waals surface area contributed by atoms with E-state index < -0.39 is 0 Å². The molecule has 0 N–H and O–H groups in total. The Balaban J connectivity index is 1.62. The molecule has 0 radical (unpaired) electrons. The van der Waals surface area contributed by atoms with Crippen molar-refractivity contribution in [2.75, 3.05) is 31.1 Å². The van der Waals surface area contributed by atoms with E-state index in [0.29, 0.717) is 24.5 Å². The van der Waals surface area contributed by atoms with Crippen LogP contribution in [0, 0.1) is 0 Å². The second kappa shape index (κ2) is 7.96. The highest BCUT2D eigenvalue weighted by Crippen LogP contribution is 2.17. The number of carbonyl (C=O) groups is 1. The number of aromatic nitrogens is 2. The maximum absolute atomic E-state index is 12.8. The highest BCUT2D eigenvalue weighted by atomic mass is 16.5. The second-order valence-electron chi connectivity index (χ2n) is 6.19. The molecule has 0 saturated carbocycles. The van der Waals surface area contributed by atoms with E-state index >= 15 is 0 Å². The minimum absolute atomic E-state index is 0.0251. The first kappa shape index (κ1) is 17.2. The molecule has 1 aliphatic rings. The SMILES string of the molecule is CC[C@@H](C)Oc1cc(C(=O)N2CCN(c3ccccn3)CC2)ccn1. The van der Waals surface area contributed by atoms with Crippen LogP contribution in [0.1, 0.15) is 30.6 Å². The van der Waals surface area contributed by atoms with Crippen molar-refractivity contribution in [3.63, 3.8) is 0 Å². The first-order chi connectivity index (χ1) is 12.2. The van der Waals surface area contributed by atoms with Gasteiger partial charge in [-0.15, -0.1) is 0 Å². The van der Waals surface area contributed by atoms with E-state index in [1.807, 2.05) is 30.0 Å². The summed E-state index contributed by atoms with van der Waals surface area (Å²) in [5.41, 5.74) is 0.625. The van der Waals surface area contributed by atoms with Gasteiger partial charge in [-0.1, -0.05) is 13.0 Å². The van der Waals surface area contributed by atoms with Crippen LogP contribution in [0.2, 0.25) is 0 Å². The summed E-state index contributed by atoms with van der Waals surface area (Å²) in [6.45, 7) is 6.97. The number of amides is 1. The fourth-order valence-electron chi connectivity index (χ4n) is 2.76. The van der Waals surface area contributed by atoms with Crippen LogP contribution in [0.25, 0.3) is 0 Å². The van der Waals surface area contributed by atoms with Gasteiger partial charge in [0.15, 0.2) is 0 Å². The number of rotatable bonds is 5. The van der Waals surface area contributed by atoms with Gasteiger partial charge in [-0.25, -0.2) is 9.97 Å². The maximum atomic E-state index is 12.8. The van der Waals surface area contributed by atoms with E-state index in [9.17, 15) is 4.79 Å². The predicted octanol–water partition coefficient (Wildman–Crippen LogP) is 2.62. The third-order valence-corrected chi connectivity index (χ3v) is 4.42. The molecule has 1 fully saturated rings. The molecule has 0 unspecified atom stereocenters.